The summed E-state index contributed by atoms with van der Waals surface area (Å²) in [4.78, 5) is 0.196. The second-order valence-corrected chi connectivity index (χ2v) is 6.84. The number of aryl methyl sites for hydroxylation is 1. The van der Waals surface area contributed by atoms with Gasteiger partial charge in [0, 0.05) is 12.1 Å². The van der Waals surface area contributed by atoms with Crippen LogP contribution in [0.15, 0.2) is 11.1 Å². The minimum atomic E-state index is -3.51. The second kappa shape index (κ2) is 6.21. The van der Waals surface area contributed by atoms with Crippen LogP contribution >= 0.6 is 12.4 Å². The zero-order valence-corrected chi connectivity index (χ0v) is 12.6. The maximum Gasteiger partial charge on any atom is 0.244 e. The zero-order valence-electron chi connectivity index (χ0n) is 11.0. The summed E-state index contributed by atoms with van der Waals surface area (Å²) in [5.41, 5.74) is 6.35. The number of H-pyrrole nitrogens is 1. The Balaban J connectivity index is 0.00000180. The van der Waals surface area contributed by atoms with E-state index in [1.165, 1.54) is 12.6 Å². The van der Waals surface area contributed by atoms with Gasteiger partial charge in [-0.1, -0.05) is 19.3 Å². The average Bonchev–Trinajstić information content (AvgIpc) is 2.75. The molecular formula is C11H21ClN4O2S. The molecule has 0 unspecified atom stereocenters. The van der Waals surface area contributed by atoms with Crippen LogP contribution in [0, 0.1) is 6.92 Å². The van der Waals surface area contributed by atoms with Crippen molar-refractivity contribution in [3.05, 3.63) is 11.9 Å². The van der Waals surface area contributed by atoms with Gasteiger partial charge in [0.05, 0.1) is 11.9 Å². The average molecular weight is 309 g/mol. The summed E-state index contributed by atoms with van der Waals surface area (Å²) in [6, 6.07) is 0. The third kappa shape index (κ3) is 3.92. The number of halogens is 1. The van der Waals surface area contributed by atoms with Gasteiger partial charge in [-0.2, -0.15) is 5.10 Å². The van der Waals surface area contributed by atoms with E-state index in [9.17, 15) is 8.42 Å². The van der Waals surface area contributed by atoms with Gasteiger partial charge in [0.2, 0.25) is 10.0 Å². The lowest BCUT2D eigenvalue weighted by atomic mass is 9.83. The maximum absolute atomic E-state index is 12.1. The lowest BCUT2D eigenvalue weighted by Crippen LogP contribution is -2.51. The third-order valence-electron chi connectivity index (χ3n) is 3.54. The molecule has 1 aromatic heterocycles. The van der Waals surface area contributed by atoms with E-state index in [0.717, 1.165) is 25.7 Å². The monoisotopic (exact) mass is 308 g/mol. The van der Waals surface area contributed by atoms with Crippen molar-refractivity contribution in [1.29, 1.82) is 0 Å². The van der Waals surface area contributed by atoms with Gasteiger partial charge < -0.3 is 5.73 Å². The van der Waals surface area contributed by atoms with Crippen LogP contribution in [-0.4, -0.2) is 30.7 Å². The Kier molecular flexibility index (Phi) is 5.37. The third-order valence-corrected chi connectivity index (χ3v) is 5.05. The molecule has 0 amide bonds. The quantitative estimate of drug-likeness (QED) is 0.774. The number of rotatable bonds is 4. The first kappa shape index (κ1) is 16.4. The summed E-state index contributed by atoms with van der Waals surface area (Å²) in [7, 11) is -3.51. The molecule has 0 spiro atoms. The maximum atomic E-state index is 12.1. The molecule has 0 saturated heterocycles. The highest BCUT2D eigenvalue weighted by Crippen LogP contribution is 2.25. The molecule has 19 heavy (non-hydrogen) atoms. The van der Waals surface area contributed by atoms with E-state index in [1.807, 2.05) is 0 Å². The molecule has 0 radical (unpaired) electrons. The van der Waals surface area contributed by atoms with Gasteiger partial charge >= 0.3 is 0 Å². The zero-order chi connectivity index (χ0) is 13.2. The first-order valence-corrected chi connectivity index (χ1v) is 7.70. The van der Waals surface area contributed by atoms with Crippen molar-refractivity contribution >= 4 is 22.4 Å². The molecule has 1 aliphatic carbocycles. The van der Waals surface area contributed by atoms with Gasteiger partial charge in [0.15, 0.2) is 0 Å². The van der Waals surface area contributed by atoms with Crippen molar-refractivity contribution in [3.8, 4) is 0 Å². The topological polar surface area (TPSA) is 101 Å². The molecule has 0 atom stereocenters. The highest BCUT2D eigenvalue weighted by atomic mass is 35.5. The molecule has 1 aliphatic rings. The molecule has 1 heterocycles. The molecule has 1 aromatic rings. The van der Waals surface area contributed by atoms with Gasteiger partial charge in [0.25, 0.3) is 0 Å². The van der Waals surface area contributed by atoms with Crippen LogP contribution in [0.2, 0.25) is 0 Å². The highest BCUT2D eigenvalue weighted by molar-refractivity contribution is 7.89. The molecule has 0 aromatic carbocycles. The van der Waals surface area contributed by atoms with Crippen LogP contribution < -0.4 is 10.5 Å². The molecule has 1 saturated carbocycles. The van der Waals surface area contributed by atoms with Gasteiger partial charge in [-0.3, -0.25) is 5.10 Å². The van der Waals surface area contributed by atoms with E-state index >= 15 is 0 Å². The Hall–Kier alpha value is -0.630. The van der Waals surface area contributed by atoms with Crippen LogP contribution in [0.4, 0.5) is 0 Å². The molecule has 0 bridgehead atoms. The van der Waals surface area contributed by atoms with E-state index in [1.54, 1.807) is 6.92 Å². The van der Waals surface area contributed by atoms with Gasteiger partial charge in [-0.25, -0.2) is 13.1 Å². The summed E-state index contributed by atoms with van der Waals surface area (Å²) >= 11 is 0. The van der Waals surface area contributed by atoms with Crippen LogP contribution in [-0.2, 0) is 10.0 Å². The van der Waals surface area contributed by atoms with Crippen molar-refractivity contribution in [2.24, 2.45) is 5.73 Å². The van der Waals surface area contributed by atoms with Crippen molar-refractivity contribution < 1.29 is 8.42 Å². The van der Waals surface area contributed by atoms with E-state index in [4.69, 9.17) is 5.73 Å². The van der Waals surface area contributed by atoms with Gasteiger partial charge in [-0.15, -0.1) is 12.4 Å². The fourth-order valence-electron chi connectivity index (χ4n) is 2.36. The van der Waals surface area contributed by atoms with Crippen molar-refractivity contribution in [2.75, 3.05) is 6.54 Å². The first-order valence-electron chi connectivity index (χ1n) is 6.21. The van der Waals surface area contributed by atoms with Crippen LogP contribution in [0.25, 0.3) is 0 Å². The molecule has 8 heteroatoms. The van der Waals surface area contributed by atoms with Crippen molar-refractivity contribution in [3.63, 3.8) is 0 Å². The number of nitrogens with zero attached hydrogens (tertiary/aromatic N) is 1. The number of aromatic amines is 1. The van der Waals surface area contributed by atoms with E-state index in [-0.39, 0.29) is 17.3 Å². The summed E-state index contributed by atoms with van der Waals surface area (Å²) in [5.74, 6) is 0. The Morgan fingerprint density at radius 3 is 2.58 bits per heavy atom. The van der Waals surface area contributed by atoms with Gasteiger partial charge in [-0.05, 0) is 19.8 Å². The predicted octanol–water partition coefficient (Wildman–Crippen LogP) is 1.08. The summed E-state index contributed by atoms with van der Waals surface area (Å²) in [6.07, 6.45) is 6.40. The SMILES string of the molecule is Cc1[nH]ncc1S(=O)(=O)NCC1(N)CCCCC1.Cl. The molecule has 2 rings (SSSR count). The normalized spacial score (nSPS) is 18.8. The summed E-state index contributed by atoms with van der Waals surface area (Å²) < 4.78 is 26.7. The number of hydrogen-bond acceptors (Lipinski definition) is 4. The summed E-state index contributed by atoms with van der Waals surface area (Å²) in [6.45, 7) is 1.97. The Labute approximate surface area is 120 Å². The highest BCUT2D eigenvalue weighted by Gasteiger charge is 2.29. The Morgan fingerprint density at radius 2 is 2.05 bits per heavy atom. The molecule has 110 valence electrons. The number of nitrogens with one attached hydrogen (secondary N) is 2. The van der Waals surface area contributed by atoms with E-state index < -0.39 is 15.6 Å². The standard InChI is InChI=1S/C11H20N4O2S.ClH/c1-9-10(7-13-15-9)18(16,17)14-8-11(12)5-3-2-4-6-11;/h7,14H,2-6,8,12H2,1H3,(H,13,15);1H. The molecule has 4 N–H and O–H groups in total. The van der Waals surface area contributed by atoms with Crippen LogP contribution in [0.3, 0.4) is 0 Å². The molecule has 1 fully saturated rings. The minimum Gasteiger partial charge on any atom is -0.324 e. The van der Waals surface area contributed by atoms with Crippen molar-refractivity contribution in [1.82, 2.24) is 14.9 Å². The van der Waals surface area contributed by atoms with Gasteiger partial charge in [0.1, 0.15) is 4.90 Å². The first-order chi connectivity index (χ1) is 8.43. The fraction of sp³-hybridized carbons (Fsp3) is 0.727. The number of sulfonamides is 1. The molecule has 0 aliphatic heterocycles. The van der Waals surface area contributed by atoms with Crippen LogP contribution in [0.5, 0.6) is 0 Å². The Morgan fingerprint density at radius 1 is 1.42 bits per heavy atom. The van der Waals surface area contributed by atoms with E-state index in [0.29, 0.717) is 12.2 Å². The van der Waals surface area contributed by atoms with E-state index in [2.05, 4.69) is 14.9 Å². The number of hydrogen-bond donors (Lipinski definition) is 3. The fourth-order valence-corrected chi connectivity index (χ4v) is 3.63. The lowest BCUT2D eigenvalue weighted by molar-refractivity contribution is 0.296. The van der Waals surface area contributed by atoms with Crippen LogP contribution in [0.1, 0.15) is 37.8 Å². The molecular weight excluding hydrogens is 288 g/mol. The largest absolute Gasteiger partial charge is 0.324 e. The lowest BCUT2D eigenvalue weighted by Gasteiger charge is -2.33. The predicted molar refractivity (Wildman–Crippen MR) is 75.8 cm³/mol. The smallest absolute Gasteiger partial charge is 0.244 e. The second-order valence-electron chi connectivity index (χ2n) is 5.11. The number of aromatic nitrogens is 2. The van der Waals surface area contributed by atoms with Crippen molar-refractivity contribution in [2.45, 2.75) is 49.5 Å². The number of nitrogens with two attached hydrogens (primary N) is 1. The summed E-state index contributed by atoms with van der Waals surface area (Å²) in [5, 5.41) is 6.35. The molecule has 6 nitrogen and oxygen atoms in total. The minimum absolute atomic E-state index is 0. The Bertz CT molecular complexity index is 509.